The van der Waals surface area contributed by atoms with Crippen LogP contribution in [-0.2, 0) is 16.1 Å². The Labute approximate surface area is 183 Å². The number of hydrogen-bond donors (Lipinski definition) is 1. The third-order valence-electron chi connectivity index (χ3n) is 4.16. The molecule has 1 N–H and O–H groups in total. The molecule has 7 nitrogen and oxygen atoms in total. The van der Waals surface area contributed by atoms with E-state index < -0.39 is 0 Å². The number of ether oxygens (including phenoxy) is 1. The van der Waals surface area contributed by atoms with Crippen molar-refractivity contribution in [3.05, 3.63) is 59.1 Å². The number of nitrogens with one attached hydrogen (secondary N) is 1. The van der Waals surface area contributed by atoms with Gasteiger partial charge in [0.05, 0.1) is 22.9 Å². The Morgan fingerprint density at radius 2 is 1.83 bits per heavy atom. The Morgan fingerprint density at radius 1 is 1.10 bits per heavy atom. The average Bonchev–Trinajstić information content (AvgIpc) is 3.16. The number of esters is 1. The highest BCUT2D eigenvalue weighted by Gasteiger charge is 2.16. The summed E-state index contributed by atoms with van der Waals surface area (Å²) in [5.41, 5.74) is 1.83. The standard InChI is InChI=1S/C21H21ClN4O3S/c1-3-26-19(16-7-5-6-8-17(16)22)24-25-21(26)30-13-18(27)23-15-11-9-14(10-12-15)20(28)29-4-2/h5-12H,3-4,13H2,1-2H3,(H,23,27). The molecule has 156 valence electrons. The second kappa shape index (κ2) is 10.3. The van der Waals surface area contributed by atoms with Crippen LogP contribution in [0.15, 0.2) is 53.7 Å². The van der Waals surface area contributed by atoms with Crippen molar-refractivity contribution >= 4 is 40.9 Å². The van der Waals surface area contributed by atoms with Crippen molar-refractivity contribution in [2.24, 2.45) is 0 Å². The Balaban J connectivity index is 1.62. The Bertz CT molecular complexity index is 1040. The van der Waals surface area contributed by atoms with Crippen LogP contribution in [0.3, 0.4) is 0 Å². The molecule has 3 rings (SSSR count). The van der Waals surface area contributed by atoms with Gasteiger partial charge < -0.3 is 14.6 Å². The summed E-state index contributed by atoms with van der Waals surface area (Å²) in [5.74, 6) is 0.258. The van der Waals surface area contributed by atoms with Crippen LogP contribution in [-0.4, -0.2) is 39.0 Å². The second-order valence-electron chi connectivity index (χ2n) is 6.16. The molecule has 1 heterocycles. The maximum Gasteiger partial charge on any atom is 0.338 e. The highest BCUT2D eigenvalue weighted by Crippen LogP contribution is 2.29. The van der Waals surface area contributed by atoms with E-state index in [9.17, 15) is 9.59 Å². The van der Waals surface area contributed by atoms with Crippen LogP contribution >= 0.6 is 23.4 Å². The molecule has 0 spiro atoms. The molecule has 0 saturated heterocycles. The van der Waals surface area contributed by atoms with Crippen LogP contribution in [0.5, 0.6) is 0 Å². The number of aromatic nitrogens is 3. The van der Waals surface area contributed by atoms with Gasteiger partial charge in [0.2, 0.25) is 5.91 Å². The molecule has 9 heteroatoms. The number of carbonyl (C=O) groups is 2. The molecule has 2 aromatic carbocycles. The molecule has 0 saturated carbocycles. The van der Waals surface area contributed by atoms with Gasteiger partial charge in [0.1, 0.15) is 0 Å². The average molecular weight is 445 g/mol. The van der Waals surface area contributed by atoms with Crippen molar-refractivity contribution < 1.29 is 14.3 Å². The largest absolute Gasteiger partial charge is 0.462 e. The van der Waals surface area contributed by atoms with Crippen molar-refractivity contribution in [1.82, 2.24) is 14.8 Å². The van der Waals surface area contributed by atoms with E-state index in [1.54, 1.807) is 37.3 Å². The number of anilines is 1. The van der Waals surface area contributed by atoms with E-state index in [0.717, 1.165) is 5.56 Å². The maximum absolute atomic E-state index is 12.3. The van der Waals surface area contributed by atoms with E-state index in [1.165, 1.54) is 11.8 Å². The fourth-order valence-electron chi connectivity index (χ4n) is 2.75. The van der Waals surface area contributed by atoms with Crippen molar-refractivity contribution in [3.8, 4) is 11.4 Å². The van der Waals surface area contributed by atoms with E-state index in [-0.39, 0.29) is 17.6 Å². The summed E-state index contributed by atoms with van der Waals surface area (Å²) in [6, 6.07) is 14.0. The normalized spacial score (nSPS) is 10.6. The number of thioether (sulfide) groups is 1. The van der Waals surface area contributed by atoms with Gasteiger partial charge >= 0.3 is 5.97 Å². The molecule has 0 aliphatic rings. The molecule has 30 heavy (non-hydrogen) atoms. The topological polar surface area (TPSA) is 86.1 Å². The summed E-state index contributed by atoms with van der Waals surface area (Å²) in [5, 5.41) is 12.5. The predicted octanol–water partition coefficient (Wildman–Crippen LogP) is 4.53. The first kappa shape index (κ1) is 21.9. The van der Waals surface area contributed by atoms with Crippen molar-refractivity contribution in [3.63, 3.8) is 0 Å². The van der Waals surface area contributed by atoms with Crippen LogP contribution in [0, 0.1) is 0 Å². The summed E-state index contributed by atoms with van der Waals surface area (Å²) < 4.78 is 6.87. The molecule has 0 atom stereocenters. The Morgan fingerprint density at radius 3 is 2.50 bits per heavy atom. The summed E-state index contributed by atoms with van der Waals surface area (Å²) in [7, 11) is 0. The van der Waals surface area contributed by atoms with Gasteiger partial charge in [-0.25, -0.2) is 4.79 Å². The first-order chi connectivity index (χ1) is 14.5. The van der Waals surface area contributed by atoms with Gasteiger partial charge in [-0.05, 0) is 50.2 Å². The van der Waals surface area contributed by atoms with Crippen LogP contribution in [0.1, 0.15) is 24.2 Å². The zero-order valence-electron chi connectivity index (χ0n) is 16.6. The van der Waals surface area contributed by atoms with E-state index in [0.29, 0.717) is 40.4 Å². The smallest absolute Gasteiger partial charge is 0.338 e. The molecule has 0 aliphatic carbocycles. The lowest BCUT2D eigenvalue weighted by Gasteiger charge is -2.09. The van der Waals surface area contributed by atoms with Crippen LogP contribution in [0.2, 0.25) is 5.02 Å². The molecule has 0 bridgehead atoms. The second-order valence-corrected chi connectivity index (χ2v) is 7.51. The highest BCUT2D eigenvalue weighted by atomic mass is 35.5. The van der Waals surface area contributed by atoms with Gasteiger partial charge in [-0.3, -0.25) is 4.79 Å². The fourth-order valence-corrected chi connectivity index (χ4v) is 3.78. The third-order valence-corrected chi connectivity index (χ3v) is 5.46. The van der Waals surface area contributed by atoms with E-state index in [1.807, 2.05) is 29.7 Å². The number of halogens is 1. The number of hydrogen-bond acceptors (Lipinski definition) is 6. The van der Waals surface area contributed by atoms with Crippen LogP contribution in [0.4, 0.5) is 5.69 Å². The Hall–Kier alpha value is -2.84. The SMILES string of the molecule is CCOC(=O)c1ccc(NC(=O)CSc2nnc(-c3ccccc3Cl)n2CC)cc1. The summed E-state index contributed by atoms with van der Waals surface area (Å²) >= 11 is 7.58. The first-order valence-corrected chi connectivity index (χ1v) is 10.8. The van der Waals surface area contributed by atoms with Gasteiger partial charge in [0.15, 0.2) is 11.0 Å². The molecule has 1 aromatic heterocycles. The lowest BCUT2D eigenvalue weighted by Crippen LogP contribution is -2.15. The summed E-state index contributed by atoms with van der Waals surface area (Å²) in [6.45, 7) is 4.70. The van der Waals surface area contributed by atoms with Gasteiger partial charge in [-0.15, -0.1) is 10.2 Å². The first-order valence-electron chi connectivity index (χ1n) is 9.41. The predicted molar refractivity (Wildman–Crippen MR) is 118 cm³/mol. The molecule has 0 radical (unpaired) electrons. The maximum atomic E-state index is 12.3. The number of nitrogens with zero attached hydrogens (tertiary/aromatic N) is 3. The number of rotatable bonds is 8. The summed E-state index contributed by atoms with van der Waals surface area (Å²) in [4.78, 5) is 24.0. The number of benzene rings is 2. The summed E-state index contributed by atoms with van der Waals surface area (Å²) in [6.07, 6.45) is 0. The van der Waals surface area contributed by atoms with Crippen molar-refractivity contribution in [1.29, 1.82) is 0 Å². The molecular formula is C21H21ClN4O3S. The van der Waals surface area contributed by atoms with Crippen LogP contribution < -0.4 is 5.32 Å². The van der Waals surface area contributed by atoms with Crippen LogP contribution in [0.25, 0.3) is 11.4 Å². The molecule has 0 fully saturated rings. The van der Waals surface area contributed by atoms with Gasteiger partial charge in [-0.2, -0.15) is 0 Å². The lowest BCUT2D eigenvalue weighted by atomic mass is 10.2. The zero-order valence-corrected chi connectivity index (χ0v) is 18.2. The van der Waals surface area contributed by atoms with E-state index in [2.05, 4.69) is 15.5 Å². The third kappa shape index (κ3) is 5.20. The molecule has 0 unspecified atom stereocenters. The van der Waals surface area contributed by atoms with E-state index in [4.69, 9.17) is 16.3 Å². The quantitative estimate of drug-likeness (QED) is 0.406. The lowest BCUT2D eigenvalue weighted by molar-refractivity contribution is -0.113. The molecule has 3 aromatic rings. The molecule has 0 aliphatic heterocycles. The van der Waals surface area contributed by atoms with Crippen molar-refractivity contribution in [2.45, 2.75) is 25.5 Å². The van der Waals surface area contributed by atoms with Gasteiger partial charge in [0.25, 0.3) is 0 Å². The Kier molecular flexibility index (Phi) is 7.48. The van der Waals surface area contributed by atoms with Gasteiger partial charge in [0, 0.05) is 17.8 Å². The fraction of sp³-hybridized carbons (Fsp3) is 0.238. The minimum absolute atomic E-state index is 0.167. The van der Waals surface area contributed by atoms with E-state index >= 15 is 0 Å². The monoisotopic (exact) mass is 444 g/mol. The number of carbonyl (C=O) groups excluding carboxylic acids is 2. The number of amides is 1. The highest BCUT2D eigenvalue weighted by molar-refractivity contribution is 7.99. The molecule has 1 amide bonds. The zero-order chi connectivity index (χ0) is 21.5. The minimum Gasteiger partial charge on any atom is -0.462 e. The molecular weight excluding hydrogens is 424 g/mol. The van der Waals surface area contributed by atoms with Gasteiger partial charge in [-0.1, -0.05) is 35.5 Å². The van der Waals surface area contributed by atoms with Crippen molar-refractivity contribution in [2.75, 3.05) is 17.7 Å². The minimum atomic E-state index is -0.390.